The number of nitrogens with zero attached hydrogens (tertiary/aromatic N) is 3. The van der Waals surface area contributed by atoms with Gasteiger partial charge in [-0.1, -0.05) is 0 Å². The highest BCUT2D eigenvalue weighted by molar-refractivity contribution is 6.03. The molecule has 0 saturated heterocycles. The lowest BCUT2D eigenvalue weighted by molar-refractivity contribution is 0.102. The molecule has 0 saturated carbocycles. The number of amides is 1. The molecule has 0 aliphatic carbocycles. The van der Waals surface area contributed by atoms with Crippen LogP contribution in [-0.2, 0) is 0 Å². The molecule has 0 spiro atoms. The quantitative estimate of drug-likeness (QED) is 0.552. The van der Waals surface area contributed by atoms with E-state index in [1.807, 2.05) is 6.07 Å². The summed E-state index contributed by atoms with van der Waals surface area (Å²) in [5, 5.41) is 7.26. The van der Waals surface area contributed by atoms with Crippen molar-refractivity contribution in [3.63, 3.8) is 0 Å². The van der Waals surface area contributed by atoms with Crippen LogP contribution in [0.1, 0.15) is 10.5 Å². The third kappa shape index (κ3) is 3.98. The highest BCUT2D eigenvalue weighted by atomic mass is 19.1. The number of hydrogen-bond donors (Lipinski definition) is 1. The number of hydrogen-bond acceptors (Lipinski definition) is 4. The Morgan fingerprint density at radius 1 is 1.07 bits per heavy atom. The van der Waals surface area contributed by atoms with E-state index in [9.17, 15) is 9.18 Å². The van der Waals surface area contributed by atoms with Crippen LogP contribution in [0.15, 0.2) is 79.1 Å². The highest BCUT2D eigenvalue weighted by Crippen LogP contribution is 2.24. The summed E-state index contributed by atoms with van der Waals surface area (Å²) in [6.45, 7) is 0. The Morgan fingerprint density at radius 2 is 1.83 bits per heavy atom. The fraction of sp³-hybridized carbons (Fsp3) is 0.0455. The molecule has 0 fully saturated rings. The number of nitrogens with one attached hydrogen (secondary N) is 1. The van der Waals surface area contributed by atoms with Gasteiger partial charge in [0.15, 0.2) is 5.69 Å². The first-order valence-electron chi connectivity index (χ1n) is 8.86. The summed E-state index contributed by atoms with van der Waals surface area (Å²) in [6, 6.07) is 18.3. The molecule has 4 aromatic rings. The molecule has 6 nitrogen and oxygen atoms in total. The van der Waals surface area contributed by atoms with Crippen molar-refractivity contribution in [1.29, 1.82) is 0 Å². The molecule has 0 atom stereocenters. The minimum absolute atomic E-state index is 0.226. The molecule has 4 rings (SSSR count). The zero-order valence-corrected chi connectivity index (χ0v) is 15.5. The van der Waals surface area contributed by atoms with Gasteiger partial charge in [-0.15, -0.1) is 0 Å². The summed E-state index contributed by atoms with van der Waals surface area (Å²) in [5.74, 6) is -0.00933. The topological polar surface area (TPSA) is 69.0 Å². The van der Waals surface area contributed by atoms with Crippen LogP contribution in [0.4, 0.5) is 10.1 Å². The van der Waals surface area contributed by atoms with E-state index >= 15 is 0 Å². The smallest absolute Gasteiger partial charge is 0.276 e. The second-order valence-corrected chi connectivity index (χ2v) is 6.23. The maximum atomic E-state index is 13.3. The molecule has 1 N–H and O–H groups in total. The minimum atomic E-state index is -0.360. The van der Waals surface area contributed by atoms with E-state index in [0.29, 0.717) is 22.8 Å². The summed E-state index contributed by atoms with van der Waals surface area (Å²) in [4.78, 5) is 16.9. The second kappa shape index (κ2) is 7.93. The highest BCUT2D eigenvalue weighted by Gasteiger charge is 2.17. The van der Waals surface area contributed by atoms with E-state index < -0.39 is 0 Å². The lowest BCUT2D eigenvalue weighted by atomic mass is 10.2. The van der Waals surface area contributed by atoms with Crippen LogP contribution < -0.4 is 10.1 Å². The molecule has 7 heteroatoms. The molecule has 0 aliphatic heterocycles. The number of benzene rings is 2. The zero-order chi connectivity index (χ0) is 20.2. The minimum Gasteiger partial charge on any atom is -0.497 e. The van der Waals surface area contributed by atoms with Gasteiger partial charge in [-0.2, -0.15) is 5.10 Å². The van der Waals surface area contributed by atoms with Crippen LogP contribution in [0.5, 0.6) is 5.75 Å². The molecule has 0 unspecified atom stereocenters. The number of anilines is 1. The number of ether oxygens (including phenoxy) is 1. The first kappa shape index (κ1) is 18.4. The van der Waals surface area contributed by atoms with Crippen LogP contribution in [0.2, 0.25) is 0 Å². The van der Waals surface area contributed by atoms with Gasteiger partial charge in [0.05, 0.1) is 18.5 Å². The fourth-order valence-electron chi connectivity index (χ4n) is 2.86. The van der Waals surface area contributed by atoms with E-state index in [4.69, 9.17) is 4.74 Å². The summed E-state index contributed by atoms with van der Waals surface area (Å²) >= 11 is 0. The molecule has 144 valence electrons. The maximum Gasteiger partial charge on any atom is 0.276 e. The van der Waals surface area contributed by atoms with Crippen LogP contribution in [0.3, 0.4) is 0 Å². The molecule has 2 aromatic carbocycles. The van der Waals surface area contributed by atoms with Crippen molar-refractivity contribution in [2.45, 2.75) is 0 Å². The van der Waals surface area contributed by atoms with E-state index in [1.165, 1.54) is 12.1 Å². The third-order valence-corrected chi connectivity index (χ3v) is 4.32. The molecule has 0 aliphatic rings. The van der Waals surface area contributed by atoms with Gasteiger partial charge in [-0.25, -0.2) is 9.07 Å². The van der Waals surface area contributed by atoms with Gasteiger partial charge in [-0.3, -0.25) is 9.78 Å². The van der Waals surface area contributed by atoms with Crippen molar-refractivity contribution in [2.24, 2.45) is 0 Å². The summed E-state index contributed by atoms with van der Waals surface area (Å²) in [7, 11) is 1.58. The number of carbonyl (C=O) groups is 1. The number of halogens is 1. The number of carbonyl (C=O) groups excluding carboxylic acids is 1. The number of aromatic nitrogens is 3. The molecule has 2 heterocycles. The van der Waals surface area contributed by atoms with E-state index in [-0.39, 0.29) is 17.4 Å². The molecule has 1 amide bonds. The largest absolute Gasteiger partial charge is 0.497 e. The molecule has 2 aromatic heterocycles. The molecular formula is C22H17FN4O2. The molecule has 0 radical (unpaired) electrons. The second-order valence-electron chi connectivity index (χ2n) is 6.23. The average molecular weight is 388 g/mol. The van der Waals surface area contributed by atoms with E-state index in [0.717, 1.165) is 5.56 Å². The first-order valence-corrected chi connectivity index (χ1v) is 8.86. The van der Waals surface area contributed by atoms with Gasteiger partial charge in [0.2, 0.25) is 0 Å². The number of rotatable bonds is 5. The Kier molecular flexibility index (Phi) is 5.03. The lowest BCUT2D eigenvalue weighted by Crippen LogP contribution is -2.13. The number of pyridine rings is 1. The predicted octanol–water partition coefficient (Wildman–Crippen LogP) is 4.33. The molecule has 29 heavy (non-hydrogen) atoms. The van der Waals surface area contributed by atoms with Gasteiger partial charge in [0.25, 0.3) is 5.91 Å². The summed E-state index contributed by atoms with van der Waals surface area (Å²) in [5.41, 5.74) is 2.94. The standard InChI is InChI=1S/C22H17FN4O2/c1-29-19-10-6-17(7-11-19)25-22(28)20-13-21(15-3-2-12-24-14-15)27(26-20)18-8-4-16(23)5-9-18/h2-14H,1H3,(H,25,28). The Labute approximate surface area is 166 Å². The normalized spacial score (nSPS) is 10.6. The van der Waals surface area contributed by atoms with Gasteiger partial charge in [0, 0.05) is 23.6 Å². The summed E-state index contributed by atoms with van der Waals surface area (Å²) in [6.07, 6.45) is 3.35. The SMILES string of the molecule is COc1ccc(NC(=O)c2cc(-c3cccnc3)n(-c3ccc(F)cc3)n2)cc1. The average Bonchev–Trinajstić information content (AvgIpc) is 3.21. The van der Waals surface area contributed by atoms with Gasteiger partial charge >= 0.3 is 0 Å². The van der Waals surface area contributed by atoms with Crippen molar-refractivity contribution in [2.75, 3.05) is 12.4 Å². The van der Waals surface area contributed by atoms with Gasteiger partial charge in [-0.05, 0) is 66.7 Å². The van der Waals surface area contributed by atoms with Crippen molar-refractivity contribution >= 4 is 11.6 Å². The number of methoxy groups -OCH3 is 1. The predicted molar refractivity (Wildman–Crippen MR) is 108 cm³/mol. The van der Waals surface area contributed by atoms with Crippen LogP contribution in [0.25, 0.3) is 16.9 Å². The maximum absolute atomic E-state index is 13.3. The van der Waals surface area contributed by atoms with Crippen LogP contribution >= 0.6 is 0 Å². The monoisotopic (exact) mass is 388 g/mol. The van der Waals surface area contributed by atoms with E-state index in [1.54, 1.807) is 72.7 Å². The van der Waals surface area contributed by atoms with Crippen molar-refractivity contribution in [1.82, 2.24) is 14.8 Å². The van der Waals surface area contributed by atoms with Gasteiger partial charge < -0.3 is 10.1 Å². The Balaban J connectivity index is 1.70. The summed E-state index contributed by atoms with van der Waals surface area (Å²) < 4.78 is 20.1. The lowest BCUT2D eigenvalue weighted by Gasteiger charge is -2.07. The Morgan fingerprint density at radius 3 is 2.48 bits per heavy atom. The van der Waals surface area contributed by atoms with Crippen molar-refractivity contribution in [3.8, 4) is 22.7 Å². The first-order chi connectivity index (χ1) is 14.1. The fourth-order valence-corrected chi connectivity index (χ4v) is 2.86. The van der Waals surface area contributed by atoms with Crippen LogP contribution in [-0.4, -0.2) is 27.8 Å². The van der Waals surface area contributed by atoms with Crippen molar-refractivity contribution < 1.29 is 13.9 Å². The van der Waals surface area contributed by atoms with E-state index in [2.05, 4.69) is 15.4 Å². The molecular weight excluding hydrogens is 371 g/mol. The Hall–Kier alpha value is -4.00. The zero-order valence-electron chi connectivity index (χ0n) is 15.5. The van der Waals surface area contributed by atoms with Crippen LogP contribution in [0, 0.1) is 5.82 Å². The van der Waals surface area contributed by atoms with Crippen molar-refractivity contribution in [3.05, 3.63) is 90.6 Å². The Bertz CT molecular complexity index is 1120. The molecule has 0 bridgehead atoms. The third-order valence-electron chi connectivity index (χ3n) is 4.32. The van der Waals surface area contributed by atoms with Gasteiger partial charge in [0.1, 0.15) is 11.6 Å².